The molecule has 0 atom stereocenters. The lowest BCUT2D eigenvalue weighted by molar-refractivity contribution is 0.307. The van der Waals surface area contributed by atoms with E-state index in [2.05, 4.69) is 67.5 Å². The lowest BCUT2D eigenvalue weighted by Crippen LogP contribution is -2.22. The average Bonchev–Trinajstić information content (AvgIpc) is 2.48. The van der Waals surface area contributed by atoms with E-state index in [4.69, 9.17) is 9.47 Å². The van der Waals surface area contributed by atoms with Gasteiger partial charge in [-0.05, 0) is 49.7 Å². The van der Waals surface area contributed by atoms with E-state index < -0.39 is 0 Å². The van der Waals surface area contributed by atoms with Gasteiger partial charge in [0.1, 0.15) is 11.5 Å². The lowest BCUT2D eigenvalue weighted by Gasteiger charge is -2.32. The largest absolute Gasteiger partial charge is 0.494 e. The van der Waals surface area contributed by atoms with Crippen molar-refractivity contribution in [3.05, 3.63) is 23.3 Å². The first-order chi connectivity index (χ1) is 11.2. The summed E-state index contributed by atoms with van der Waals surface area (Å²) in [6.07, 6.45) is 4.59. The zero-order chi connectivity index (χ0) is 18.4. The fraction of sp³-hybridized carbons (Fsp3) is 0.727. The first kappa shape index (κ1) is 20.9. The highest BCUT2D eigenvalue weighted by Gasteiger charge is 2.30. The van der Waals surface area contributed by atoms with Gasteiger partial charge in [-0.15, -0.1) is 0 Å². The summed E-state index contributed by atoms with van der Waals surface area (Å²) in [5.41, 5.74) is 2.70. The second-order valence-corrected chi connectivity index (χ2v) is 7.98. The first-order valence-electron chi connectivity index (χ1n) is 9.68. The molecule has 0 heterocycles. The summed E-state index contributed by atoms with van der Waals surface area (Å²) in [4.78, 5) is 0. The molecule has 1 rings (SSSR count). The predicted molar refractivity (Wildman–Crippen MR) is 105 cm³/mol. The van der Waals surface area contributed by atoms with Crippen molar-refractivity contribution in [3.8, 4) is 11.5 Å². The summed E-state index contributed by atoms with van der Waals surface area (Å²) in [7, 11) is 0. The van der Waals surface area contributed by atoms with E-state index in [1.165, 1.54) is 11.1 Å². The van der Waals surface area contributed by atoms with E-state index in [0.29, 0.717) is 13.2 Å². The van der Waals surface area contributed by atoms with Crippen molar-refractivity contribution >= 4 is 0 Å². The molecule has 0 aliphatic heterocycles. The van der Waals surface area contributed by atoms with Crippen molar-refractivity contribution in [2.24, 2.45) is 0 Å². The molecular formula is C22H38O2. The zero-order valence-electron chi connectivity index (χ0n) is 17.2. The topological polar surface area (TPSA) is 18.5 Å². The minimum atomic E-state index is 0.0819. The fourth-order valence-corrected chi connectivity index (χ4v) is 3.69. The van der Waals surface area contributed by atoms with Crippen molar-refractivity contribution in [1.82, 2.24) is 0 Å². The van der Waals surface area contributed by atoms with E-state index in [1.807, 2.05) is 0 Å². The van der Waals surface area contributed by atoms with Crippen LogP contribution in [-0.4, -0.2) is 13.2 Å². The molecule has 2 nitrogen and oxygen atoms in total. The molecule has 0 amide bonds. The molecule has 1 aromatic rings. The minimum Gasteiger partial charge on any atom is -0.494 e. The van der Waals surface area contributed by atoms with Crippen LogP contribution in [0, 0.1) is 0 Å². The quantitative estimate of drug-likeness (QED) is 0.477. The Kier molecular flexibility index (Phi) is 7.63. The molecule has 1 aromatic carbocycles. The van der Waals surface area contributed by atoms with E-state index in [9.17, 15) is 0 Å². The molecule has 138 valence electrons. The SMILES string of the molecule is CCCC(C)(C)c1cc(OCC)c(C(C)(C)CCC)cc1OCC. The maximum Gasteiger partial charge on any atom is 0.123 e. The predicted octanol–water partition coefficient (Wildman–Crippen LogP) is 6.64. The summed E-state index contributed by atoms with van der Waals surface area (Å²) in [5.74, 6) is 2.05. The van der Waals surface area contributed by atoms with Crippen LogP contribution in [0.3, 0.4) is 0 Å². The Hall–Kier alpha value is -1.18. The number of ether oxygens (including phenoxy) is 2. The van der Waals surface area contributed by atoms with E-state index in [1.54, 1.807) is 0 Å². The van der Waals surface area contributed by atoms with Crippen LogP contribution in [0.4, 0.5) is 0 Å². The molecule has 0 saturated heterocycles. The highest BCUT2D eigenvalue weighted by atomic mass is 16.5. The second kappa shape index (κ2) is 8.78. The summed E-state index contributed by atoms with van der Waals surface area (Å²) < 4.78 is 12.1. The van der Waals surface area contributed by atoms with Crippen LogP contribution < -0.4 is 9.47 Å². The van der Waals surface area contributed by atoms with Gasteiger partial charge >= 0.3 is 0 Å². The third kappa shape index (κ3) is 4.91. The maximum atomic E-state index is 6.06. The van der Waals surface area contributed by atoms with Crippen LogP contribution in [0.2, 0.25) is 0 Å². The number of rotatable bonds is 10. The Morgan fingerprint density at radius 2 is 1.00 bits per heavy atom. The number of benzene rings is 1. The summed E-state index contributed by atoms with van der Waals surface area (Å²) in [6, 6.07) is 4.49. The van der Waals surface area contributed by atoms with Gasteiger partial charge in [0.2, 0.25) is 0 Å². The van der Waals surface area contributed by atoms with Crippen LogP contribution in [0.25, 0.3) is 0 Å². The van der Waals surface area contributed by atoms with Gasteiger partial charge in [0.25, 0.3) is 0 Å². The summed E-state index contributed by atoms with van der Waals surface area (Å²) in [5, 5.41) is 0. The first-order valence-corrected chi connectivity index (χ1v) is 9.68. The van der Waals surface area contributed by atoms with Gasteiger partial charge in [0, 0.05) is 11.1 Å². The third-order valence-electron chi connectivity index (χ3n) is 4.89. The Labute approximate surface area is 149 Å². The highest BCUT2D eigenvalue weighted by Crippen LogP contribution is 2.44. The Morgan fingerprint density at radius 3 is 1.25 bits per heavy atom. The number of hydrogen-bond donors (Lipinski definition) is 0. The molecule has 0 aliphatic carbocycles. The second-order valence-electron chi connectivity index (χ2n) is 7.98. The monoisotopic (exact) mass is 334 g/mol. The standard InChI is InChI=1S/C22H38O2/c1-9-13-21(5,6)17-15-20(24-12-4)18(16-19(17)23-11-3)22(7,8)14-10-2/h15-16H,9-14H2,1-8H3. The molecule has 0 saturated carbocycles. The van der Waals surface area contributed by atoms with Crippen molar-refractivity contribution in [1.29, 1.82) is 0 Å². The maximum absolute atomic E-state index is 6.06. The molecule has 0 aliphatic rings. The van der Waals surface area contributed by atoms with Gasteiger partial charge in [-0.2, -0.15) is 0 Å². The van der Waals surface area contributed by atoms with Crippen molar-refractivity contribution in [2.75, 3.05) is 13.2 Å². The van der Waals surface area contributed by atoms with E-state index in [0.717, 1.165) is 37.2 Å². The molecule has 0 aromatic heterocycles. The van der Waals surface area contributed by atoms with Gasteiger partial charge < -0.3 is 9.47 Å². The molecule has 0 fully saturated rings. The third-order valence-corrected chi connectivity index (χ3v) is 4.89. The molecule has 24 heavy (non-hydrogen) atoms. The average molecular weight is 335 g/mol. The molecule has 2 heteroatoms. The summed E-state index contributed by atoms with van der Waals surface area (Å²) in [6.45, 7) is 19.2. The van der Waals surface area contributed by atoms with Gasteiger partial charge in [-0.3, -0.25) is 0 Å². The molecular weight excluding hydrogens is 296 g/mol. The van der Waals surface area contributed by atoms with Crippen LogP contribution in [0.5, 0.6) is 11.5 Å². The van der Waals surface area contributed by atoms with Crippen LogP contribution in [0.15, 0.2) is 12.1 Å². The van der Waals surface area contributed by atoms with Crippen LogP contribution in [-0.2, 0) is 10.8 Å². The van der Waals surface area contributed by atoms with E-state index in [-0.39, 0.29) is 10.8 Å². The van der Waals surface area contributed by atoms with Crippen LogP contribution >= 0.6 is 0 Å². The highest BCUT2D eigenvalue weighted by molar-refractivity contribution is 5.52. The Morgan fingerprint density at radius 1 is 0.667 bits per heavy atom. The lowest BCUT2D eigenvalue weighted by atomic mass is 9.75. The van der Waals surface area contributed by atoms with Gasteiger partial charge in [-0.25, -0.2) is 0 Å². The van der Waals surface area contributed by atoms with Crippen molar-refractivity contribution < 1.29 is 9.47 Å². The van der Waals surface area contributed by atoms with Crippen molar-refractivity contribution in [2.45, 2.75) is 91.9 Å². The van der Waals surface area contributed by atoms with Crippen LogP contribution in [0.1, 0.15) is 92.2 Å². The summed E-state index contributed by atoms with van der Waals surface area (Å²) >= 11 is 0. The smallest absolute Gasteiger partial charge is 0.123 e. The Balaban J connectivity index is 3.54. The Bertz CT molecular complexity index is 467. The van der Waals surface area contributed by atoms with Gasteiger partial charge in [0.15, 0.2) is 0 Å². The van der Waals surface area contributed by atoms with Crippen molar-refractivity contribution in [3.63, 3.8) is 0 Å². The molecule has 0 spiro atoms. The molecule has 0 unspecified atom stereocenters. The molecule has 0 radical (unpaired) electrons. The van der Waals surface area contributed by atoms with E-state index >= 15 is 0 Å². The zero-order valence-corrected chi connectivity index (χ0v) is 17.2. The molecule has 0 N–H and O–H groups in total. The number of hydrogen-bond acceptors (Lipinski definition) is 2. The van der Waals surface area contributed by atoms with Gasteiger partial charge in [0.05, 0.1) is 13.2 Å². The van der Waals surface area contributed by atoms with Gasteiger partial charge in [-0.1, -0.05) is 54.4 Å². The normalized spacial score (nSPS) is 12.3. The fourth-order valence-electron chi connectivity index (χ4n) is 3.69. The minimum absolute atomic E-state index is 0.0819. The molecule has 0 bridgehead atoms.